The molecule has 0 radical (unpaired) electrons. The Morgan fingerprint density at radius 2 is 1.85 bits per heavy atom. The number of para-hydroxylation sites is 1. The van der Waals surface area contributed by atoms with Crippen LogP contribution in [0.2, 0.25) is 0 Å². The summed E-state index contributed by atoms with van der Waals surface area (Å²) in [4.78, 5) is 48.4. The third kappa shape index (κ3) is 4.84. The molecule has 1 aromatic rings. The highest BCUT2D eigenvalue weighted by atomic mass is 32.2. The van der Waals surface area contributed by atoms with Crippen LogP contribution in [-0.4, -0.2) is 80.4 Å². The fourth-order valence-corrected chi connectivity index (χ4v) is 9.35. The van der Waals surface area contributed by atoms with Crippen LogP contribution < -0.4 is 4.90 Å². The van der Waals surface area contributed by atoms with Crippen LogP contribution in [0, 0.1) is 11.8 Å². The van der Waals surface area contributed by atoms with Gasteiger partial charge in [0.1, 0.15) is 6.04 Å². The second-order valence-corrected chi connectivity index (χ2v) is 13.1. The van der Waals surface area contributed by atoms with Crippen LogP contribution in [0.1, 0.15) is 52.9 Å². The normalized spacial score (nSPS) is 29.7. The molecule has 3 aliphatic heterocycles. The average Bonchev–Trinajstić information content (AvgIpc) is 3.51. The molecule has 0 aliphatic carbocycles. The first-order valence-corrected chi connectivity index (χ1v) is 15.1. The summed E-state index contributed by atoms with van der Waals surface area (Å²) in [6, 6.07) is 8.29. The number of hydrogen-bond donors (Lipinski definition) is 1. The molecule has 6 atom stereocenters. The summed E-state index contributed by atoms with van der Waals surface area (Å²) in [5, 5.41) is 10.3. The molecular weight excluding hydrogens is 510 g/mol. The molecule has 0 aromatic heterocycles. The van der Waals surface area contributed by atoms with Gasteiger partial charge in [0.2, 0.25) is 17.7 Å². The molecular formula is C31H43N3O4S. The number of hydrogen-bond acceptors (Lipinski definition) is 5. The maximum atomic E-state index is 14.4. The van der Waals surface area contributed by atoms with Gasteiger partial charge in [-0.3, -0.25) is 14.4 Å². The molecule has 1 aromatic carbocycles. The Kier molecular flexibility index (Phi) is 8.96. The van der Waals surface area contributed by atoms with Crippen molar-refractivity contribution in [2.75, 3.05) is 31.1 Å². The number of fused-ring (bicyclic) bond motifs is 1. The standard InChI is InChI=1S/C31H43N3O4S/c1-6-10-20-32(18-7-2)29(38)26-31-17-16-30(5,39-31)24(25(31)28(37)34(26)22(9-4)21-35)27(36)33(19-8-3)23-14-12-11-13-15-23/h7-8,11-15,22,24-26,35H,2-3,6,9-10,16-21H2,1,4-5H3/t22-,24-,25-,26?,30+,31?/m0/s1. The number of amides is 3. The highest BCUT2D eigenvalue weighted by molar-refractivity contribution is 8.02. The van der Waals surface area contributed by atoms with Crippen LogP contribution in [0.3, 0.4) is 0 Å². The topological polar surface area (TPSA) is 81.2 Å². The van der Waals surface area contributed by atoms with E-state index in [1.165, 1.54) is 0 Å². The molecule has 1 N–H and O–H groups in total. The highest BCUT2D eigenvalue weighted by Gasteiger charge is 2.78. The van der Waals surface area contributed by atoms with Crippen LogP contribution in [-0.2, 0) is 14.4 Å². The quantitative estimate of drug-likeness (QED) is 0.369. The molecule has 3 heterocycles. The number of benzene rings is 1. The van der Waals surface area contributed by atoms with Crippen LogP contribution >= 0.6 is 11.8 Å². The number of unbranched alkanes of at least 4 members (excludes halogenated alkanes) is 1. The number of aliphatic hydroxyl groups excluding tert-OH is 1. The van der Waals surface area contributed by atoms with Gasteiger partial charge < -0.3 is 19.8 Å². The molecule has 3 amide bonds. The van der Waals surface area contributed by atoms with E-state index >= 15 is 0 Å². The molecule has 1 spiro atoms. The third-order valence-corrected chi connectivity index (χ3v) is 10.9. The summed E-state index contributed by atoms with van der Waals surface area (Å²) in [7, 11) is 0. The Bertz CT molecular complexity index is 1090. The number of likely N-dealkylation sites (tertiary alicyclic amines) is 1. The van der Waals surface area contributed by atoms with E-state index in [0.29, 0.717) is 32.5 Å². The second kappa shape index (κ2) is 11.9. The second-order valence-electron chi connectivity index (χ2n) is 11.2. The number of anilines is 1. The summed E-state index contributed by atoms with van der Waals surface area (Å²) in [5.41, 5.74) is 0.765. The van der Waals surface area contributed by atoms with Crippen molar-refractivity contribution in [2.24, 2.45) is 11.8 Å². The zero-order valence-corrected chi connectivity index (χ0v) is 24.4. The van der Waals surface area contributed by atoms with E-state index in [9.17, 15) is 19.5 Å². The maximum absolute atomic E-state index is 14.4. The van der Waals surface area contributed by atoms with Crippen LogP contribution in [0.4, 0.5) is 5.69 Å². The molecule has 3 fully saturated rings. The predicted octanol–water partition coefficient (Wildman–Crippen LogP) is 4.27. The van der Waals surface area contributed by atoms with Crippen molar-refractivity contribution >= 4 is 35.2 Å². The van der Waals surface area contributed by atoms with Gasteiger partial charge in [-0.15, -0.1) is 24.9 Å². The van der Waals surface area contributed by atoms with Gasteiger partial charge in [0.25, 0.3) is 0 Å². The zero-order chi connectivity index (χ0) is 28.4. The Morgan fingerprint density at radius 1 is 1.15 bits per heavy atom. The van der Waals surface area contributed by atoms with Crippen molar-refractivity contribution in [2.45, 2.75) is 74.5 Å². The van der Waals surface area contributed by atoms with E-state index in [4.69, 9.17) is 0 Å². The lowest BCUT2D eigenvalue weighted by Gasteiger charge is -2.39. The summed E-state index contributed by atoms with van der Waals surface area (Å²) in [6.45, 7) is 14.9. The van der Waals surface area contributed by atoms with Gasteiger partial charge in [-0.1, -0.05) is 50.6 Å². The van der Waals surface area contributed by atoms with Crippen LogP contribution in [0.5, 0.6) is 0 Å². The van der Waals surface area contributed by atoms with Crippen molar-refractivity contribution in [1.82, 2.24) is 9.80 Å². The summed E-state index contributed by atoms with van der Waals surface area (Å²) < 4.78 is -1.18. The monoisotopic (exact) mass is 553 g/mol. The van der Waals surface area contributed by atoms with Gasteiger partial charge in [0, 0.05) is 30.1 Å². The maximum Gasteiger partial charge on any atom is 0.247 e. The highest BCUT2D eigenvalue weighted by Crippen LogP contribution is 2.72. The smallest absolute Gasteiger partial charge is 0.247 e. The minimum atomic E-state index is -0.724. The van der Waals surface area contributed by atoms with Crippen molar-refractivity contribution in [3.05, 3.63) is 55.6 Å². The number of thioether (sulfide) groups is 1. The van der Waals surface area contributed by atoms with Gasteiger partial charge in [-0.05, 0) is 44.7 Å². The SMILES string of the molecule is C=CCN(CCCC)C(=O)C1N([C@@H](CC)CO)C(=O)[C@@H]2[C@@H](C(=O)N(CC=C)c3ccccc3)[C@@]3(C)CCC12S3. The molecule has 3 aliphatic rings. The van der Waals surface area contributed by atoms with Gasteiger partial charge >= 0.3 is 0 Å². The van der Waals surface area contributed by atoms with Gasteiger partial charge in [-0.2, -0.15) is 0 Å². The lowest BCUT2D eigenvalue weighted by atomic mass is 9.66. The number of aliphatic hydroxyl groups is 1. The average molecular weight is 554 g/mol. The van der Waals surface area contributed by atoms with E-state index in [1.54, 1.807) is 33.7 Å². The van der Waals surface area contributed by atoms with Gasteiger partial charge in [0.15, 0.2) is 0 Å². The predicted molar refractivity (Wildman–Crippen MR) is 157 cm³/mol. The minimum absolute atomic E-state index is 0.0954. The lowest BCUT2D eigenvalue weighted by molar-refractivity contribution is -0.146. The van der Waals surface area contributed by atoms with Crippen molar-refractivity contribution in [3.63, 3.8) is 0 Å². The fourth-order valence-electron chi connectivity index (χ4n) is 7.02. The molecule has 8 heteroatoms. The number of rotatable bonds is 13. The molecule has 2 unspecified atom stereocenters. The number of nitrogens with zero attached hydrogens (tertiary/aromatic N) is 3. The largest absolute Gasteiger partial charge is 0.394 e. The molecule has 212 valence electrons. The molecule has 39 heavy (non-hydrogen) atoms. The lowest BCUT2D eigenvalue weighted by Crippen LogP contribution is -2.57. The Labute approximate surface area is 237 Å². The van der Waals surface area contributed by atoms with Crippen LogP contribution in [0.15, 0.2) is 55.6 Å². The molecule has 3 saturated heterocycles. The zero-order valence-electron chi connectivity index (χ0n) is 23.6. The van der Waals surface area contributed by atoms with E-state index in [-0.39, 0.29) is 24.3 Å². The van der Waals surface area contributed by atoms with Gasteiger partial charge in [0.05, 0.1) is 29.2 Å². The summed E-state index contributed by atoms with van der Waals surface area (Å²) in [6.07, 6.45) is 7.19. The summed E-state index contributed by atoms with van der Waals surface area (Å²) in [5.74, 6) is -1.58. The Morgan fingerprint density at radius 3 is 2.44 bits per heavy atom. The third-order valence-electron chi connectivity index (χ3n) is 8.88. The van der Waals surface area contributed by atoms with Crippen molar-refractivity contribution < 1.29 is 19.5 Å². The first-order chi connectivity index (χ1) is 18.7. The molecule has 7 nitrogen and oxygen atoms in total. The summed E-state index contributed by atoms with van der Waals surface area (Å²) >= 11 is 1.67. The minimum Gasteiger partial charge on any atom is -0.394 e. The first-order valence-electron chi connectivity index (χ1n) is 14.2. The Balaban J connectivity index is 1.81. The number of carbonyl (C=O) groups is 3. The fraction of sp³-hybridized carbons (Fsp3) is 0.581. The molecule has 2 bridgehead atoms. The first kappa shape index (κ1) is 29.4. The van der Waals surface area contributed by atoms with E-state index < -0.39 is 33.4 Å². The van der Waals surface area contributed by atoms with Crippen molar-refractivity contribution in [3.8, 4) is 0 Å². The van der Waals surface area contributed by atoms with E-state index in [0.717, 1.165) is 24.9 Å². The Hall–Kier alpha value is -2.58. The van der Waals surface area contributed by atoms with E-state index in [1.807, 2.05) is 42.2 Å². The van der Waals surface area contributed by atoms with E-state index in [2.05, 4.69) is 27.0 Å². The van der Waals surface area contributed by atoms with Crippen molar-refractivity contribution in [1.29, 1.82) is 0 Å². The molecule has 4 rings (SSSR count). The number of carbonyl (C=O) groups excluding carboxylic acids is 3. The molecule has 0 saturated carbocycles. The van der Waals surface area contributed by atoms with Gasteiger partial charge in [-0.25, -0.2) is 0 Å². The van der Waals surface area contributed by atoms with Crippen LogP contribution in [0.25, 0.3) is 0 Å².